The van der Waals surface area contributed by atoms with Crippen molar-refractivity contribution in [3.63, 3.8) is 0 Å². The van der Waals surface area contributed by atoms with Gasteiger partial charge in [0, 0.05) is 58.2 Å². The van der Waals surface area contributed by atoms with Crippen molar-refractivity contribution in [1.29, 1.82) is 0 Å². The second-order valence-corrected chi connectivity index (χ2v) is 8.82. The van der Waals surface area contributed by atoms with Crippen LogP contribution in [0.25, 0.3) is 0 Å². The summed E-state index contributed by atoms with van der Waals surface area (Å²) in [6.45, 7) is 7.36. The van der Waals surface area contributed by atoms with Crippen LogP contribution in [0.3, 0.4) is 0 Å². The highest BCUT2D eigenvalue weighted by molar-refractivity contribution is 5.75. The van der Waals surface area contributed by atoms with Crippen LogP contribution in [0.5, 0.6) is 0 Å². The van der Waals surface area contributed by atoms with E-state index in [9.17, 15) is 9.18 Å². The molecule has 0 spiro atoms. The zero-order valence-electron chi connectivity index (χ0n) is 17.5. The second kappa shape index (κ2) is 7.78. The van der Waals surface area contributed by atoms with Gasteiger partial charge in [-0.3, -0.25) is 4.90 Å². The molecular formula is C22H29FN4O2. The summed E-state index contributed by atoms with van der Waals surface area (Å²) in [4.78, 5) is 18.7. The van der Waals surface area contributed by atoms with E-state index in [0.29, 0.717) is 18.4 Å². The number of aromatic nitrogens is 1. The molecule has 6 nitrogen and oxygen atoms in total. The van der Waals surface area contributed by atoms with Crippen molar-refractivity contribution < 1.29 is 13.7 Å². The lowest BCUT2D eigenvalue weighted by atomic mass is 9.89. The monoisotopic (exact) mass is 400 g/mol. The summed E-state index contributed by atoms with van der Waals surface area (Å²) in [6, 6.07) is 8.58. The summed E-state index contributed by atoms with van der Waals surface area (Å²) in [7, 11) is 3.53. The smallest absolute Gasteiger partial charge is 0.320 e. The van der Waals surface area contributed by atoms with Crippen LogP contribution in [0.2, 0.25) is 0 Å². The number of hydrogen-bond donors (Lipinski definition) is 0. The lowest BCUT2D eigenvalue weighted by Gasteiger charge is -2.31. The Morgan fingerprint density at radius 2 is 2.07 bits per heavy atom. The highest BCUT2D eigenvalue weighted by Gasteiger charge is 2.49. The van der Waals surface area contributed by atoms with Gasteiger partial charge in [0.25, 0.3) is 0 Å². The number of likely N-dealkylation sites (tertiary alicyclic amines) is 2. The Kier molecular flexibility index (Phi) is 5.34. The molecule has 2 aromatic rings. The zero-order valence-corrected chi connectivity index (χ0v) is 17.5. The molecule has 4 rings (SSSR count). The molecule has 2 saturated heterocycles. The van der Waals surface area contributed by atoms with Crippen LogP contribution in [0.15, 0.2) is 34.9 Å². The predicted octanol–water partition coefficient (Wildman–Crippen LogP) is 3.72. The third kappa shape index (κ3) is 3.88. The molecule has 156 valence electrons. The van der Waals surface area contributed by atoms with E-state index in [-0.39, 0.29) is 23.8 Å². The van der Waals surface area contributed by atoms with Gasteiger partial charge >= 0.3 is 6.03 Å². The van der Waals surface area contributed by atoms with Gasteiger partial charge in [-0.15, -0.1) is 0 Å². The number of urea groups is 1. The molecule has 3 heterocycles. The average molecular weight is 400 g/mol. The lowest BCUT2D eigenvalue weighted by molar-refractivity contribution is 0.151. The Bertz CT molecular complexity index is 881. The Balaban J connectivity index is 1.54. The van der Waals surface area contributed by atoms with Gasteiger partial charge in [0.05, 0.1) is 11.7 Å². The Labute approximate surface area is 171 Å². The van der Waals surface area contributed by atoms with Crippen LogP contribution in [0.4, 0.5) is 9.18 Å². The maximum absolute atomic E-state index is 13.9. The average Bonchev–Trinajstić information content (AvgIpc) is 3.35. The van der Waals surface area contributed by atoms with Crippen molar-refractivity contribution in [2.45, 2.75) is 32.4 Å². The molecule has 29 heavy (non-hydrogen) atoms. The van der Waals surface area contributed by atoms with E-state index in [2.05, 4.69) is 23.9 Å². The zero-order chi connectivity index (χ0) is 20.7. The van der Waals surface area contributed by atoms with Crippen LogP contribution in [-0.2, 0) is 6.54 Å². The van der Waals surface area contributed by atoms with E-state index >= 15 is 0 Å². The van der Waals surface area contributed by atoms with Gasteiger partial charge in [-0.1, -0.05) is 31.1 Å². The second-order valence-electron chi connectivity index (χ2n) is 8.82. The Morgan fingerprint density at radius 1 is 1.28 bits per heavy atom. The summed E-state index contributed by atoms with van der Waals surface area (Å²) >= 11 is 0. The van der Waals surface area contributed by atoms with E-state index in [1.54, 1.807) is 31.1 Å². The van der Waals surface area contributed by atoms with Crippen molar-refractivity contribution >= 4 is 6.03 Å². The molecule has 0 unspecified atom stereocenters. The van der Waals surface area contributed by atoms with Gasteiger partial charge in [-0.05, 0) is 23.6 Å². The first kappa shape index (κ1) is 19.9. The largest absolute Gasteiger partial charge is 0.361 e. The highest BCUT2D eigenvalue weighted by Crippen LogP contribution is 2.45. The van der Waals surface area contributed by atoms with Gasteiger partial charge in [0.1, 0.15) is 11.6 Å². The van der Waals surface area contributed by atoms with Gasteiger partial charge < -0.3 is 14.3 Å². The van der Waals surface area contributed by atoms with Gasteiger partial charge in [-0.2, -0.15) is 0 Å². The number of carbonyl (C=O) groups excluding carboxylic acids is 1. The fourth-order valence-electron chi connectivity index (χ4n) is 4.74. The standard InChI is InChI=1S/C22H29FN4O2/c1-14(2)20-9-18(24-29-20)12-26-10-16-11-27(22(28)25(3)4)21(19(16)13-26)15-6-5-7-17(23)8-15/h5-9,14,16,19,21H,10-13H2,1-4H3/t16-,19-,21-/m1/s1. The number of carbonyl (C=O) groups is 1. The topological polar surface area (TPSA) is 52.8 Å². The van der Waals surface area contributed by atoms with E-state index in [0.717, 1.165) is 36.7 Å². The van der Waals surface area contributed by atoms with Gasteiger partial charge in [0.2, 0.25) is 0 Å². The first-order valence-electron chi connectivity index (χ1n) is 10.2. The molecule has 2 fully saturated rings. The van der Waals surface area contributed by atoms with E-state index in [4.69, 9.17) is 4.52 Å². The molecule has 3 atom stereocenters. The Morgan fingerprint density at radius 3 is 2.72 bits per heavy atom. The van der Waals surface area contributed by atoms with Crippen molar-refractivity contribution in [3.8, 4) is 0 Å². The molecule has 0 radical (unpaired) electrons. The molecule has 0 bridgehead atoms. The van der Waals surface area contributed by atoms with Crippen LogP contribution in [0, 0.1) is 17.7 Å². The Hall–Kier alpha value is -2.41. The van der Waals surface area contributed by atoms with Crippen molar-refractivity contribution in [1.82, 2.24) is 19.9 Å². The third-order valence-corrected chi connectivity index (χ3v) is 6.09. The molecular weight excluding hydrogens is 371 g/mol. The van der Waals surface area contributed by atoms with Gasteiger partial charge in [-0.25, -0.2) is 9.18 Å². The van der Waals surface area contributed by atoms with E-state index in [1.807, 2.05) is 17.0 Å². The maximum Gasteiger partial charge on any atom is 0.320 e. The third-order valence-electron chi connectivity index (χ3n) is 6.09. The van der Waals surface area contributed by atoms with Gasteiger partial charge in [0.15, 0.2) is 0 Å². The van der Waals surface area contributed by atoms with Crippen LogP contribution < -0.4 is 0 Å². The van der Waals surface area contributed by atoms with Crippen LogP contribution >= 0.6 is 0 Å². The summed E-state index contributed by atoms with van der Waals surface area (Å²) in [5.74, 6) is 1.60. The minimum atomic E-state index is -0.262. The first-order chi connectivity index (χ1) is 13.8. The molecule has 2 aliphatic heterocycles. The SMILES string of the molecule is CC(C)c1cc(CN2C[C@@H]3CN(C(=O)N(C)C)[C@H](c4cccc(F)c4)[C@@H]3C2)no1. The highest BCUT2D eigenvalue weighted by atomic mass is 19.1. The molecule has 2 aliphatic rings. The van der Waals surface area contributed by atoms with Crippen LogP contribution in [0.1, 0.15) is 42.8 Å². The molecule has 1 aromatic carbocycles. The summed E-state index contributed by atoms with van der Waals surface area (Å²) in [5.41, 5.74) is 1.82. The molecule has 1 aromatic heterocycles. The quantitative estimate of drug-likeness (QED) is 0.785. The molecule has 0 saturated carbocycles. The van der Waals surface area contributed by atoms with E-state index in [1.165, 1.54) is 6.07 Å². The van der Waals surface area contributed by atoms with Crippen molar-refractivity contribution in [3.05, 3.63) is 53.2 Å². The van der Waals surface area contributed by atoms with Crippen molar-refractivity contribution in [2.24, 2.45) is 11.8 Å². The fraction of sp³-hybridized carbons (Fsp3) is 0.545. The van der Waals surface area contributed by atoms with E-state index < -0.39 is 0 Å². The number of rotatable bonds is 4. The minimum absolute atomic E-state index is 0.0155. The fourth-order valence-corrected chi connectivity index (χ4v) is 4.74. The number of fused-ring (bicyclic) bond motifs is 1. The van der Waals surface area contributed by atoms with Crippen molar-refractivity contribution in [2.75, 3.05) is 33.7 Å². The number of nitrogens with zero attached hydrogens (tertiary/aromatic N) is 4. The molecule has 2 amide bonds. The maximum atomic E-state index is 13.9. The number of benzene rings is 1. The summed E-state index contributed by atoms with van der Waals surface area (Å²) < 4.78 is 19.4. The molecule has 7 heteroatoms. The molecule has 0 aliphatic carbocycles. The molecule has 0 N–H and O–H groups in total. The predicted molar refractivity (Wildman–Crippen MR) is 108 cm³/mol. The van der Waals surface area contributed by atoms with Crippen LogP contribution in [-0.4, -0.2) is 59.6 Å². The number of halogens is 1. The lowest BCUT2D eigenvalue weighted by Crippen LogP contribution is -2.41. The number of amides is 2. The normalized spacial score (nSPS) is 24.3. The summed E-state index contributed by atoms with van der Waals surface area (Å²) in [5, 5.41) is 4.21. The first-order valence-corrected chi connectivity index (χ1v) is 10.2. The summed E-state index contributed by atoms with van der Waals surface area (Å²) in [6.07, 6.45) is 0. The number of hydrogen-bond acceptors (Lipinski definition) is 4. The minimum Gasteiger partial charge on any atom is -0.361 e.